The maximum atomic E-state index is 5.90. The first-order valence-corrected chi connectivity index (χ1v) is 5.88. The Morgan fingerprint density at radius 1 is 1.33 bits per heavy atom. The van der Waals surface area contributed by atoms with Gasteiger partial charge in [0, 0.05) is 6.54 Å². The van der Waals surface area contributed by atoms with Crippen molar-refractivity contribution in [1.29, 1.82) is 0 Å². The summed E-state index contributed by atoms with van der Waals surface area (Å²) in [6.07, 6.45) is 3.82. The minimum atomic E-state index is 0.836. The number of rotatable bonds is 3. The van der Waals surface area contributed by atoms with Crippen LogP contribution in [-0.4, -0.2) is 13.2 Å². The Balaban J connectivity index is 1.79. The summed E-state index contributed by atoms with van der Waals surface area (Å²) >= 11 is 0. The minimum absolute atomic E-state index is 0.836. The van der Waals surface area contributed by atoms with Crippen molar-refractivity contribution >= 4 is 0 Å². The van der Waals surface area contributed by atoms with Crippen LogP contribution in [0, 0.1) is 5.92 Å². The van der Waals surface area contributed by atoms with Gasteiger partial charge >= 0.3 is 0 Å². The first kappa shape index (κ1) is 9.22. The Kier molecular flexibility index (Phi) is 2.37. The van der Waals surface area contributed by atoms with Gasteiger partial charge in [0.15, 0.2) is 0 Å². The molecule has 1 aliphatic heterocycles. The van der Waals surface area contributed by atoms with E-state index >= 15 is 0 Å². The van der Waals surface area contributed by atoms with Crippen LogP contribution in [0.3, 0.4) is 0 Å². The quantitative estimate of drug-likeness (QED) is 0.812. The van der Waals surface area contributed by atoms with Gasteiger partial charge in [-0.1, -0.05) is 12.1 Å². The van der Waals surface area contributed by atoms with Crippen LogP contribution >= 0.6 is 0 Å². The van der Waals surface area contributed by atoms with Crippen molar-refractivity contribution < 1.29 is 4.74 Å². The van der Waals surface area contributed by atoms with E-state index in [4.69, 9.17) is 4.74 Å². The van der Waals surface area contributed by atoms with Crippen molar-refractivity contribution in [3.05, 3.63) is 29.3 Å². The van der Waals surface area contributed by atoms with Gasteiger partial charge < -0.3 is 10.1 Å². The zero-order valence-electron chi connectivity index (χ0n) is 8.96. The van der Waals surface area contributed by atoms with E-state index in [1.807, 2.05) is 0 Å². The normalized spacial score (nSPS) is 19.7. The van der Waals surface area contributed by atoms with Crippen molar-refractivity contribution in [1.82, 2.24) is 5.32 Å². The summed E-state index contributed by atoms with van der Waals surface area (Å²) in [5.74, 6) is 1.96. The summed E-state index contributed by atoms with van der Waals surface area (Å²) in [7, 11) is 0. The van der Waals surface area contributed by atoms with Crippen molar-refractivity contribution in [2.45, 2.75) is 25.8 Å². The van der Waals surface area contributed by atoms with Gasteiger partial charge in [0.25, 0.3) is 0 Å². The van der Waals surface area contributed by atoms with Crippen molar-refractivity contribution in [3.63, 3.8) is 0 Å². The Bertz CT molecular complexity index is 358. The van der Waals surface area contributed by atoms with Gasteiger partial charge in [0.1, 0.15) is 5.75 Å². The monoisotopic (exact) mass is 203 g/mol. The van der Waals surface area contributed by atoms with E-state index in [1.165, 1.54) is 24.0 Å². The van der Waals surface area contributed by atoms with E-state index in [-0.39, 0.29) is 0 Å². The van der Waals surface area contributed by atoms with Crippen LogP contribution in [-0.2, 0) is 13.0 Å². The molecule has 0 unspecified atom stereocenters. The molecule has 0 bridgehead atoms. The summed E-state index contributed by atoms with van der Waals surface area (Å²) in [5, 5.41) is 3.39. The fourth-order valence-corrected chi connectivity index (χ4v) is 2.12. The zero-order chi connectivity index (χ0) is 10.1. The molecule has 2 nitrogen and oxygen atoms in total. The molecule has 0 atom stereocenters. The topological polar surface area (TPSA) is 21.3 Å². The average Bonchev–Trinajstić information content (AvgIpc) is 3.10. The molecule has 0 amide bonds. The molecule has 1 aromatic carbocycles. The highest BCUT2D eigenvalue weighted by molar-refractivity contribution is 5.41. The molecular formula is C13H17NO. The summed E-state index contributed by atoms with van der Waals surface area (Å²) in [5.41, 5.74) is 2.84. The van der Waals surface area contributed by atoms with Crippen LogP contribution in [0.5, 0.6) is 5.75 Å². The molecule has 1 heterocycles. The second-order valence-corrected chi connectivity index (χ2v) is 4.57. The van der Waals surface area contributed by atoms with E-state index in [1.54, 1.807) is 0 Å². The van der Waals surface area contributed by atoms with Gasteiger partial charge in [-0.25, -0.2) is 0 Å². The lowest BCUT2D eigenvalue weighted by atomic mass is 10.0. The van der Waals surface area contributed by atoms with Gasteiger partial charge in [-0.05, 0) is 48.9 Å². The Morgan fingerprint density at radius 2 is 2.27 bits per heavy atom. The third kappa shape index (κ3) is 2.00. The summed E-state index contributed by atoms with van der Waals surface area (Å²) < 4.78 is 5.90. The molecule has 1 fully saturated rings. The largest absolute Gasteiger partial charge is 0.493 e. The predicted molar refractivity (Wildman–Crippen MR) is 60.1 cm³/mol. The van der Waals surface area contributed by atoms with E-state index in [9.17, 15) is 0 Å². The van der Waals surface area contributed by atoms with Crippen LogP contribution in [0.25, 0.3) is 0 Å². The van der Waals surface area contributed by atoms with Gasteiger partial charge in [-0.2, -0.15) is 0 Å². The van der Waals surface area contributed by atoms with E-state index in [2.05, 4.69) is 23.5 Å². The van der Waals surface area contributed by atoms with E-state index in [0.717, 1.165) is 37.8 Å². The highest BCUT2D eigenvalue weighted by Crippen LogP contribution is 2.31. The van der Waals surface area contributed by atoms with Gasteiger partial charge in [-0.3, -0.25) is 0 Å². The number of nitrogens with one attached hydrogen (secondary N) is 1. The highest BCUT2D eigenvalue weighted by Gasteiger charge is 2.22. The molecule has 2 aliphatic rings. The van der Waals surface area contributed by atoms with E-state index in [0.29, 0.717) is 0 Å². The lowest BCUT2D eigenvalue weighted by Gasteiger charge is -2.20. The second kappa shape index (κ2) is 3.86. The molecule has 1 saturated carbocycles. The molecule has 0 spiro atoms. The third-order valence-electron chi connectivity index (χ3n) is 3.27. The van der Waals surface area contributed by atoms with Crippen molar-refractivity contribution in [2.75, 3.05) is 13.2 Å². The Hall–Kier alpha value is -1.02. The third-order valence-corrected chi connectivity index (χ3v) is 3.27. The lowest BCUT2D eigenvalue weighted by molar-refractivity contribution is 0.295. The number of ether oxygens (including phenoxy) is 1. The minimum Gasteiger partial charge on any atom is -0.493 e. The van der Waals surface area contributed by atoms with Crippen LogP contribution in [0.15, 0.2) is 18.2 Å². The standard InChI is InChI=1S/C13H17NO/c1-2-11-8-14-7-6-12(11)13(3-1)15-9-10-4-5-10/h1-3,10,14H,4-9H2. The SMILES string of the molecule is c1cc2c(c(OCC3CC3)c1)CCNC2. The first-order chi connectivity index (χ1) is 7.43. The van der Waals surface area contributed by atoms with Crippen molar-refractivity contribution in [2.24, 2.45) is 5.92 Å². The number of benzene rings is 1. The molecule has 1 aliphatic carbocycles. The number of hydrogen-bond acceptors (Lipinski definition) is 2. The molecule has 0 saturated heterocycles. The molecule has 2 heteroatoms. The lowest BCUT2D eigenvalue weighted by Crippen LogP contribution is -2.24. The smallest absolute Gasteiger partial charge is 0.122 e. The van der Waals surface area contributed by atoms with Gasteiger partial charge in [0.05, 0.1) is 6.61 Å². The van der Waals surface area contributed by atoms with Gasteiger partial charge in [0.2, 0.25) is 0 Å². The van der Waals surface area contributed by atoms with Crippen LogP contribution in [0.2, 0.25) is 0 Å². The fourth-order valence-electron chi connectivity index (χ4n) is 2.12. The van der Waals surface area contributed by atoms with Crippen LogP contribution in [0.1, 0.15) is 24.0 Å². The van der Waals surface area contributed by atoms with Crippen molar-refractivity contribution in [3.8, 4) is 5.75 Å². The zero-order valence-corrected chi connectivity index (χ0v) is 8.96. The second-order valence-electron chi connectivity index (χ2n) is 4.57. The Morgan fingerprint density at radius 3 is 3.13 bits per heavy atom. The van der Waals surface area contributed by atoms with Crippen LogP contribution in [0.4, 0.5) is 0 Å². The molecule has 1 N–H and O–H groups in total. The molecule has 0 aromatic heterocycles. The molecular weight excluding hydrogens is 186 g/mol. The number of hydrogen-bond donors (Lipinski definition) is 1. The average molecular weight is 203 g/mol. The first-order valence-electron chi connectivity index (χ1n) is 5.88. The fraction of sp³-hybridized carbons (Fsp3) is 0.538. The van der Waals surface area contributed by atoms with Gasteiger partial charge in [-0.15, -0.1) is 0 Å². The maximum absolute atomic E-state index is 5.90. The molecule has 15 heavy (non-hydrogen) atoms. The number of fused-ring (bicyclic) bond motifs is 1. The summed E-state index contributed by atoms with van der Waals surface area (Å²) in [4.78, 5) is 0. The maximum Gasteiger partial charge on any atom is 0.122 e. The summed E-state index contributed by atoms with van der Waals surface area (Å²) in [6.45, 7) is 3.00. The summed E-state index contributed by atoms with van der Waals surface area (Å²) in [6, 6.07) is 6.42. The molecule has 1 aromatic rings. The molecule has 0 radical (unpaired) electrons. The van der Waals surface area contributed by atoms with E-state index < -0.39 is 0 Å². The highest BCUT2D eigenvalue weighted by atomic mass is 16.5. The molecule has 80 valence electrons. The molecule has 3 rings (SSSR count). The van der Waals surface area contributed by atoms with Crippen LogP contribution < -0.4 is 10.1 Å². The predicted octanol–water partition coefficient (Wildman–Crippen LogP) is 2.12. The Labute approximate surface area is 90.6 Å².